The fraction of sp³-hybridized carbons (Fsp3) is 0.176. The SMILES string of the molecule is COc1cc(C#N)ccc1O[C@@H](C)C(=O)c1ccc(F)cc1. The Morgan fingerprint density at radius 2 is 1.86 bits per heavy atom. The van der Waals surface area contributed by atoms with E-state index in [2.05, 4.69) is 0 Å². The molecule has 0 aliphatic heterocycles. The number of nitrogens with zero attached hydrogens (tertiary/aromatic N) is 1. The van der Waals surface area contributed by atoms with Gasteiger partial charge in [0.05, 0.1) is 18.7 Å². The molecule has 0 saturated heterocycles. The lowest BCUT2D eigenvalue weighted by Gasteiger charge is -2.16. The maximum Gasteiger partial charge on any atom is 0.202 e. The van der Waals surface area contributed by atoms with Gasteiger partial charge in [0.15, 0.2) is 17.6 Å². The number of halogens is 1. The second-order valence-electron chi connectivity index (χ2n) is 4.61. The molecule has 1 atom stereocenters. The minimum Gasteiger partial charge on any atom is -0.493 e. The Hall–Kier alpha value is -2.87. The summed E-state index contributed by atoms with van der Waals surface area (Å²) in [6.45, 7) is 1.60. The van der Waals surface area contributed by atoms with E-state index >= 15 is 0 Å². The Bertz CT molecular complexity index is 720. The van der Waals surface area contributed by atoms with Crippen LogP contribution in [-0.2, 0) is 0 Å². The van der Waals surface area contributed by atoms with Gasteiger partial charge in [-0.05, 0) is 43.3 Å². The summed E-state index contributed by atoms with van der Waals surface area (Å²) in [6, 6.07) is 12.0. The number of ether oxygens (including phenoxy) is 2. The molecule has 0 aliphatic rings. The van der Waals surface area contributed by atoms with Crippen LogP contribution in [0.3, 0.4) is 0 Å². The molecule has 0 spiro atoms. The Labute approximate surface area is 127 Å². The van der Waals surface area contributed by atoms with Gasteiger partial charge in [-0.25, -0.2) is 4.39 Å². The second-order valence-corrected chi connectivity index (χ2v) is 4.61. The molecule has 0 aliphatic carbocycles. The van der Waals surface area contributed by atoms with Crippen LogP contribution in [0.15, 0.2) is 42.5 Å². The van der Waals surface area contributed by atoms with Gasteiger partial charge in [0.2, 0.25) is 5.78 Å². The number of ketones is 1. The van der Waals surface area contributed by atoms with Crippen LogP contribution < -0.4 is 9.47 Å². The van der Waals surface area contributed by atoms with Crippen LogP contribution in [0.4, 0.5) is 4.39 Å². The third kappa shape index (κ3) is 3.41. The van der Waals surface area contributed by atoms with Gasteiger partial charge in [0.25, 0.3) is 0 Å². The topological polar surface area (TPSA) is 59.3 Å². The van der Waals surface area contributed by atoms with Gasteiger partial charge < -0.3 is 9.47 Å². The van der Waals surface area contributed by atoms with E-state index in [9.17, 15) is 9.18 Å². The molecule has 0 unspecified atom stereocenters. The molecule has 2 aromatic rings. The summed E-state index contributed by atoms with van der Waals surface area (Å²) in [5, 5.41) is 8.86. The highest BCUT2D eigenvalue weighted by atomic mass is 19.1. The quantitative estimate of drug-likeness (QED) is 0.794. The van der Waals surface area contributed by atoms with Gasteiger partial charge in [0, 0.05) is 11.6 Å². The van der Waals surface area contributed by atoms with Crippen molar-refractivity contribution in [2.75, 3.05) is 7.11 Å². The average Bonchev–Trinajstić information content (AvgIpc) is 2.55. The van der Waals surface area contributed by atoms with Gasteiger partial charge in [-0.3, -0.25) is 4.79 Å². The van der Waals surface area contributed by atoms with Gasteiger partial charge in [-0.2, -0.15) is 5.26 Å². The Morgan fingerprint density at radius 1 is 1.18 bits per heavy atom. The van der Waals surface area contributed by atoms with Crippen LogP contribution in [0.25, 0.3) is 0 Å². The van der Waals surface area contributed by atoms with Crippen molar-refractivity contribution in [3.05, 3.63) is 59.4 Å². The molecule has 0 heterocycles. The first-order chi connectivity index (χ1) is 10.5. The summed E-state index contributed by atoms with van der Waals surface area (Å²) in [5.74, 6) is 0.0626. The van der Waals surface area contributed by atoms with Crippen molar-refractivity contribution >= 4 is 5.78 Å². The summed E-state index contributed by atoms with van der Waals surface area (Å²) in [6.07, 6.45) is -0.771. The number of methoxy groups -OCH3 is 1. The maximum absolute atomic E-state index is 12.9. The molecule has 4 nitrogen and oxygen atoms in total. The monoisotopic (exact) mass is 299 g/mol. The van der Waals surface area contributed by atoms with Crippen LogP contribution in [0.2, 0.25) is 0 Å². The zero-order valence-electron chi connectivity index (χ0n) is 12.2. The summed E-state index contributed by atoms with van der Waals surface area (Å²) in [5.41, 5.74) is 0.795. The summed E-state index contributed by atoms with van der Waals surface area (Å²) >= 11 is 0. The molecule has 0 bridgehead atoms. The molecule has 0 N–H and O–H groups in total. The van der Waals surface area contributed by atoms with Crippen molar-refractivity contribution in [2.24, 2.45) is 0 Å². The number of Topliss-reactive ketones (excluding diaryl/α,β-unsaturated/α-hetero) is 1. The van der Waals surface area contributed by atoms with Crippen LogP contribution in [0, 0.1) is 17.1 Å². The number of carbonyl (C=O) groups excluding carboxylic acids is 1. The van der Waals surface area contributed by atoms with Crippen molar-refractivity contribution in [3.8, 4) is 17.6 Å². The predicted octanol–water partition coefficient (Wildman–Crippen LogP) is 3.36. The van der Waals surface area contributed by atoms with E-state index in [1.807, 2.05) is 6.07 Å². The van der Waals surface area contributed by atoms with Crippen LogP contribution in [-0.4, -0.2) is 19.0 Å². The molecule has 0 radical (unpaired) electrons. The van der Waals surface area contributed by atoms with E-state index in [4.69, 9.17) is 14.7 Å². The first-order valence-electron chi connectivity index (χ1n) is 6.59. The first-order valence-corrected chi connectivity index (χ1v) is 6.59. The van der Waals surface area contributed by atoms with Gasteiger partial charge in [-0.1, -0.05) is 0 Å². The largest absolute Gasteiger partial charge is 0.493 e. The first kappa shape index (κ1) is 15.5. The summed E-state index contributed by atoms with van der Waals surface area (Å²) < 4.78 is 23.6. The normalized spacial score (nSPS) is 11.4. The molecule has 2 rings (SSSR count). The van der Waals surface area contributed by atoms with Crippen molar-refractivity contribution < 1.29 is 18.7 Å². The molecule has 2 aromatic carbocycles. The highest BCUT2D eigenvalue weighted by Gasteiger charge is 2.19. The lowest BCUT2D eigenvalue weighted by atomic mass is 10.1. The third-order valence-electron chi connectivity index (χ3n) is 3.09. The number of hydrogen-bond acceptors (Lipinski definition) is 4. The fourth-order valence-corrected chi connectivity index (χ4v) is 1.93. The van der Waals surface area contributed by atoms with Crippen LogP contribution in [0.5, 0.6) is 11.5 Å². The average molecular weight is 299 g/mol. The number of hydrogen-bond donors (Lipinski definition) is 0. The van der Waals surface area contributed by atoms with Gasteiger partial charge >= 0.3 is 0 Å². The highest BCUT2D eigenvalue weighted by Crippen LogP contribution is 2.29. The van der Waals surface area contributed by atoms with E-state index in [1.165, 1.54) is 37.4 Å². The van der Waals surface area contributed by atoms with Crippen LogP contribution >= 0.6 is 0 Å². The molecule has 0 fully saturated rings. The molecule has 0 aromatic heterocycles. The highest BCUT2D eigenvalue weighted by molar-refractivity contribution is 5.99. The zero-order chi connectivity index (χ0) is 16.1. The van der Waals surface area contributed by atoms with Crippen molar-refractivity contribution in [1.82, 2.24) is 0 Å². The maximum atomic E-state index is 12.9. The molecule has 22 heavy (non-hydrogen) atoms. The predicted molar refractivity (Wildman–Crippen MR) is 78.5 cm³/mol. The lowest BCUT2D eigenvalue weighted by Crippen LogP contribution is -2.24. The minimum absolute atomic E-state index is 0.272. The smallest absolute Gasteiger partial charge is 0.202 e. The van der Waals surface area contributed by atoms with E-state index < -0.39 is 11.9 Å². The number of carbonyl (C=O) groups is 1. The molecular weight excluding hydrogens is 285 g/mol. The van der Waals surface area contributed by atoms with Crippen molar-refractivity contribution in [2.45, 2.75) is 13.0 Å². The minimum atomic E-state index is -0.771. The van der Waals surface area contributed by atoms with Crippen molar-refractivity contribution in [3.63, 3.8) is 0 Å². The Kier molecular flexibility index (Phi) is 4.74. The summed E-state index contributed by atoms with van der Waals surface area (Å²) in [7, 11) is 1.45. The fourth-order valence-electron chi connectivity index (χ4n) is 1.93. The Morgan fingerprint density at radius 3 is 2.45 bits per heavy atom. The van der Waals surface area contributed by atoms with E-state index in [0.29, 0.717) is 22.6 Å². The van der Waals surface area contributed by atoms with Gasteiger partial charge in [0.1, 0.15) is 5.82 Å². The second kappa shape index (κ2) is 6.72. The number of rotatable bonds is 5. The molecular formula is C17H14FNO3. The molecule has 0 amide bonds. The number of nitriles is 1. The van der Waals surface area contributed by atoms with Gasteiger partial charge in [-0.15, -0.1) is 0 Å². The summed E-state index contributed by atoms with van der Waals surface area (Å²) in [4.78, 5) is 12.2. The lowest BCUT2D eigenvalue weighted by molar-refractivity contribution is 0.0814. The van der Waals surface area contributed by atoms with E-state index in [-0.39, 0.29) is 5.78 Å². The van der Waals surface area contributed by atoms with E-state index in [0.717, 1.165) is 0 Å². The van der Waals surface area contributed by atoms with Crippen LogP contribution in [0.1, 0.15) is 22.8 Å². The molecule has 5 heteroatoms. The zero-order valence-corrected chi connectivity index (χ0v) is 12.2. The molecule has 0 saturated carbocycles. The Balaban J connectivity index is 2.18. The van der Waals surface area contributed by atoms with E-state index in [1.54, 1.807) is 19.1 Å². The van der Waals surface area contributed by atoms with Crippen molar-refractivity contribution in [1.29, 1.82) is 5.26 Å². The number of benzene rings is 2. The molecule has 112 valence electrons. The third-order valence-corrected chi connectivity index (χ3v) is 3.09. The standard InChI is InChI=1S/C17H14FNO3/c1-11(17(20)13-4-6-14(18)7-5-13)22-15-8-3-12(10-19)9-16(15)21-2/h3-9,11H,1-2H3/t11-/m0/s1.